The van der Waals surface area contributed by atoms with Crippen molar-refractivity contribution in [3.63, 3.8) is 0 Å². The van der Waals surface area contributed by atoms with Crippen LogP contribution in [0.3, 0.4) is 0 Å². The lowest BCUT2D eigenvalue weighted by Gasteiger charge is -2.07. The Morgan fingerprint density at radius 3 is 1.94 bits per heavy atom. The van der Waals surface area contributed by atoms with Crippen LogP contribution in [0.25, 0.3) is 0 Å². The summed E-state index contributed by atoms with van der Waals surface area (Å²) in [5.74, 6) is -1.80. The predicted molar refractivity (Wildman–Crippen MR) is 56.3 cm³/mol. The van der Waals surface area contributed by atoms with Gasteiger partial charge in [0.1, 0.15) is 5.92 Å². The van der Waals surface area contributed by atoms with Crippen molar-refractivity contribution in [1.82, 2.24) is 0 Å². The van der Waals surface area contributed by atoms with E-state index in [2.05, 4.69) is 0 Å². The van der Waals surface area contributed by atoms with E-state index in [1.165, 1.54) is 0 Å². The molecule has 0 saturated heterocycles. The van der Waals surface area contributed by atoms with Crippen LogP contribution in [0.5, 0.6) is 0 Å². The Kier molecular flexibility index (Phi) is 7.14. The summed E-state index contributed by atoms with van der Waals surface area (Å²) < 4.78 is 0. The smallest absolute Gasteiger partial charge is 0.481 e. The number of aliphatic hydroxyl groups excluding tert-OH is 1. The van der Waals surface area contributed by atoms with Crippen molar-refractivity contribution in [2.45, 2.75) is 5.92 Å². The predicted octanol–water partition coefficient (Wildman–Crippen LogP) is -1.20. The molecule has 6 nitrogen and oxygen atoms in total. The molecule has 1 atom stereocenters. The van der Waals surface area contributed by atoms with Crippen molar-refractivity contribution in [2.75, 3.05) is 6.61 Å². The Hall–Kier alpha value is -1.41. The zero-order chi connectivity index (χ0) is 12.6. The summed E-state index contributed by atoms with van der Waals surface area (Å²) in [6.07, 6.45) is 0. The molecule has 1 aromatic carbocycles. The Balaban J connectivity index is 0.000000487. The van der Waals surface area contributed by atoms with E-state index in [0.29, 0.717) is 5.56 Å². The van der Waals surface area contributed by atoms with Crippen molar-refractivity contribution in [3.05, 3.63) is 35.9 Å². The minimum Gasteiger partial charge on any atom is -0.481 e. The second-order valence-corrected chi connectivity index (χ2v) is 2.83. The van der Waals surface area contributed by atoms with Crippen LogP contribution in [0.4, 0.5) is 0 Å². The quantitative estimate of drug-likeness (QED) is 0.414. The first-order chi connectivity index (χ1) is 7.49. The molecule has 1 rings (SSSR count). The number of hydrogen-bond donors (Lipinski definition) is 5. The summed E-state index contributed by atoms with van der Waals surface area (Å²) in [6, 6.07) is 8.69. The third-order valence-corrected chi connectivity index (χ3v) is 1.68. The van der Waals surface area contributed by atoms with Crippen LogP contribution in [0.1, 0.15) is 11.5 Å². The van der Waals surface area contributed by atoms with E-state index in [4.69, 9.17) is 25.3 Å². The lowest BCUT2D eigenvalue weighted by Crippen LogP contribution is -2.15. The fraction of sp³-hybridized carbons (Fsp3) is 0.222. The number of aliphatic carboxylic acids is 1. The largest absolute Gasteiger partial charge is 0.631 e. The van der Waals surface area contributed by atoms with Crippen molar-refractivity contribution < 1.29 is 30.1 Å². The van der Waals surface area contributed by atoms with Gasteiger partial charge in [-0.2, -0.15) is 0 Å². The van der Waals surface area contributed by atoms with Crippen LogP contribution in [-0.4, -0.2) is 45.2 Å². The number of carboxylic acid groups (broad SMARTS) is 1. The maximum Gasteiger partial charge on any atom is 0.631 e. The summed E-state index contributed by atoms with van der Waals surface area (Å²) >= 11 is 0. The summed E-state index contributed by atoms with van der Waals surface area (Å²) in [5.41, 5.74) is 0.632. The van der Waals surface area contributed by atoms with Gasteiger partial charge in [-0.3, -0.25) is 4.79 Å². The van der Waals surface area contributed by atoms with Gasteiger partial charge in [0.25, 0.3) is 0 Å². The van der Waals surface area contributed by atoms with Gasteiger partial charge in [0.2, 0.25) is 0 Å². The van der Waals surface area contributed by atoms with Crippen LogP contribution in [0.15, 0.2) is 30.3 Å². The first-order valence-electron chi connectivity index (χ1n) is 4.41. The topological polar surface area (TPSA) is 118 Å². The van der Waals surface area contributed by atoms with Gasteiger partial charge in [-0.05, 0) is 5.56 Å². The molecule has 0 aliphatic rings. The van der Waals surface area contributed by atoms with Crippen LogP contribution < -0.4 is 0 Å². The average Bonchev–Trinajstić information content (AvgIpc) is 2.19. The zero-order valence-electron chi connectivity index (χ0n) is 8.39. The van der Waals surface area contributed by atoms with Gasteiger partial charge in [-0.15, -0.1) is 0 Å². The van der Waals surface area contributed by atoms with Gasteiger partial charge in [0, 0.05) is 0 Å². The molecule has 7 heteroatoms. The molecule has 0 heterocycles. The monoisotopic (exact) mass is 228 g/mol. The highest BCUT2D eigenvalue weighted by atomic mass is 16.5. The summed E-state index contributed by atoms with van der Waals surface area (Å²) in [5, 5.41) is 38.9. The SMILES string of the molecule is O=C(O)C(CO)c1ccccc1.OB(O)O. The normalized spacial score (nSPS) is 11.0. The number of benzene rings is 1. The highest BCUT2D eigenvalue weighted by Gasteiger charge is 2.17. The van der Waals surface area contributed by atoms with Crippen LogP contribution in [0.2, 0.25) is 0 Å². The molecule has 0 aliphatic carbocycles. The summed E-state index contributed by atoms with van der Waals surface area (Å²) in [7, 11) is -2.17. The van der Waals surface area contributed by atoms with E-state index >= 15 is 0 Å². The van der Waals surface area contributed by atoms with Crippen molar-refractivity contribution in [1.29, 1.82) is 0 Å². The highest BCUT2D eigenvalue weighted by molar-refractivity contribution is 6.30. The summed E-state index contributed by atoms with van der Waals surface area (Å²) in [4.78, 5) is 10.6. The van der Waals surface area contributed by atoms with E-state index in [-0.39, 0.29) is 6.61 Å². The number of rotatable bonds is 3. The first-order valence-corrected chi connectivity index (χ1v) is 4.41. The molecule has 0 amide bonds. The van der Waals surface area contributed by atoms with Crippen molar-refractivity contribution >= 4 is 13.3 Å². The van der Waals surface area contributed by atoms with E-state index < -0.39 is 19.2 Å². The molecule has 0 bridgehead atoms. The van der Waals surface area contributed by atoms with Gasteiger partial charge in [-0.1, -0.05) is 30.3 Å². The number of carbonyl (C=O) groups is 1. The van der Waals surface area contributed by atoms with Crippen LogP contribution >= 0.6 is 0 Å². The second-order valence-electron chi connectivity index (χ2n) is 2.83. The number of hydrogen-bond acceptors (Lipinski definition) is 5. The Bertz CT molecular complexity index is 299. The number of aliphatic hydroxyl groups is 1. The molecule has 0 fully saturated rings. The molecule has 16 heavy (non-hydrogen) atoms. The molecule has 0 radical (unpaired) electrons. The number of carboxylic acids is 1. The second kappa shape index (κ2) is 7.83. The highest BCUT2D eigenvalue weighted by Crippen LogP contribution is 2.14. The minimum atomic E-state index is -2.17. The van der Waals surface area contributed by atoms with Crippen molar-refractivity contribution in [2.24, 2.45) is 0 Å². The molecule has 1 aromatic rings. The van der Waals surface area contributed by atoms with Gasteiger partial charge >= 0.3 is 13.3 Å². The standard InChI is InChI=1S/C9H10O3.BH3O3/c10-6-8(9(11)12)7-4-2-1-3-5-7;2-1(3)4/h1-5,8,10H,6H2,(H,11,12);2-4H. The third kappa shape index (κ3) is 6.15. The fourth-order valence-corrected chi connectivity index (χ4v) is 1.01. The molecule has 0 spiro atoms. The Morgan fingerprint density at radius 1 is 1.19 bits per heavy atom. The average molecular weight is 228 g/mol. The lowest BCUT2D eigenvalue weighted by molar-refractivity contribution is -0.139. The minimum absolute atomic E-state index is 0.362. The molecule has 0 aliphatic heterocycles. The van der Waals surface area contributed by atoms with Gasteiger partial charge < -0.3 is 25.3 Å². The molecular formula is C9H13BO6. The Labute approximate surface area is 92.6 Å². The van der Waals surface area contributed by atoms with Gasteiger partial charge in [0.05, 0.1) is 6.61 Å². The zero-order valence-corrected chi connectivity index (χ0v) is 8.39. The molecule has 1 unspecified atom stereocenters. The molecule has 5 N–H and O–H groups in total. The van der Waals surface area contributed by atoms with Crippen LogP contribution in [-0.2, 0) is 4.79 Å². The molecule has 88 valence electrons. The molecule has 0 aromatic heterocycles. The fourth-order valence-electron chi connectivity index (χ4n) is 1.01. The van der Waals surface area contributed by atoms with E-state index in [1.807, 2.05) is 0 Å². The van der Waals surface area contributed by atoms with E-state index in [9.17, 15) is 4.79 Å². The molecular weight excluding hydrogens is 215 g/mol. The molecule has 0 saturated carbocycles. The summed E-state index contributed by atoms with van der Waals surface area (Å²) in [6.45, 7) is -0.362. The third-order valence-electron chi connectivity index (χ3n) is 1.68. The first kappa shape index (κ1) is 14.6. The van der Waals surface area contributed by atoms with E-state index in [1.54, 1.807) is 30.3 Å². The maximum absolute atomic E-state index is 10.6. The van der Waals surface area contributed by atoms with Crippen molar-refractivity contribution in [3.8, 4) is 0 Å². The maximum atomic E-state index is 10.6. The van der Waals surface area contributed by atoms with Gasteiger partial charge in [-0.25, -0.2) is 0 Å². The lowest BCUT2D eigenvalue weighted by atomic mass is 10.0. The van der Waals surface area contributed by atoms with Gasteiger partial charge in [0.15, 0.2) is 0 Å². The van der Waals surface area contributed by atoms with E-state index in [0.717, 1.165) is 0 Å². The Morgan fingerprint density at radius 2 is 1.62 bits per heavy atom. The van der Waals surface area contributed by atoms with Crippen LogP contribution in [0, 0.1) is 0 Å².